The highest BCUT2D eigenvalue weighted by molar-refractivity contribution is 7.89. The highest BCUT2D eigenvalue weighted by Gasteiger charge is 2.28. The third kappa shape index (κ3) is 9.51. The van der Waals surface area contributed by atoms with Gasteiger partial charge in [0.05, 0.1) is 11.3 Å². The van der Waals surface area contributed by atoms with Gasteiger partial charge < -0.3 is 19.5 Å². The van der Waals surface area contributed by atoms with Gasteiger partial charge in [-0.3, -0.25) is 0 Å². The van der Waals surface area contributed by atoms with E-state index in [1.807, 2.05) is 13.0 Å². The predicted octanol–water partition coefficient (Wildman–Crippen LogP) is 5.70. The number of carbonyl (C=O) groups is 1. The molecule has 0 atom stereocenters. The number of ether oxygens (including phenoxy) is 3. The fourth-order valence-corrected chi connectivity index (χ4v) is 4.09. The van der Waals surface area contributed by atoms with E-state index in [9.17, 15) is 13.2 Å². The lowest BCUT2D eigenvalue weighted by Crippen LogP contribution is -2.28. The van der Waals surface area contributed by atoms with E-state index >= 15 is 0 Å². The van der Waals surface area contributed by atoms with Crippen LogP contribution in [0.3, 0.4) is 0 Å². The predicted molar refractivity (Wildman–Crippen MR) is 138 cm³/mol. The Kier molecular flexibility index (Phi) is 11.0. The molecule has 35 heavy (non-hydrogen) atoms. The molecule has 0 aromatic heterocycles. The molecule has 0 aliphatic rings. The van der Waals surface area contributed by atoms with Crippen LogP contribution in [0, 0.1) is 0 Å². The number of esters is 1. The summed E-state index contributed by atoms with van der Waals surface area (Å²) in [5.41, 5.74) is -0.249. The number of hydrogen-bond donors (Lipinski definition) is 2. The van der Waals surface area contributed by atoms with E-state index in [1.165, 1.54) is 6.07 Å². The Balaban J connectivity index is 2.56. The molecule has 194 valence electrons. The Labute approximate surface area is 209 Å². The first-order valence-corrected chi connectivity index (χ1v) is 13.5. The molecule has 0 aliphatic heterocycles. The van der Waals surface area contributed by atoms with Gasteiger partial charge in [0.2, 0.25) is 10.0 Å². The minimum Gasteiger partial charge on any atom is -0.456 e. The van der Waals surface area contributed by atoms with Crippen molar-refractivity contribution in [3.63, 3.8) is 0 Å². The zero-order valence-corrected chi connectivity index (χ0v) is 22.2. The first-order valence-electron chi connectivity index (χ1n) is 12.0. The second-order valence-corrected chi connectivity index (χ2v) is 10.8. The van der Waals surface area contributed by atoms with Gasteiger partial charge in [0, 0.05) is 13.2 Å². The van der Waals surface area contributed by atoms with E-state index in [4.69, 9.17) is 14.2 Å². The Bertz CT molecular complexity index is 1050. The molecule has 8 nitrogen and oxygen atoms in total. The van der Waals surface area contributed by atoms with Gasteiger partial charge in [0.25, 0.3) is 0 Å². The molecular weight excluding hydrogens is 468 g/mol. The normalized spacial score (nSPS) is 11.8. The van der Waals surface area contributed by atoms with Crippen molar-refractivity contribution in [2.45, 2.75) is 70.8 Å². The number of benzene rings is 2. The molecule has 2 aromatic rings. The van der Waals surface area contributed by atoms with E-state index in [0.717, 1.165) is 25.7 Å². The van der Waals surface area contributed by atoms with Crippen molar-refractivity contribution >= 4 is 21.7 Å². The van der Waals surface area contributed by atoms with Gasteiger partial charge >= 0.3 is 5.97 Å². The second kappa shape index (κ2) is 13.5. The molecule has 0 saturated heterocycles. The van der Waals surface area contributed by atoms with Crippen molar-refractivity contribution < 1.29 is 27.4 Å². The molecule has 2 rings (SSSR count). The summed E-state index contributed by atoms with van der Waals surface area (Å²) in [4.78, 5) is 12.7. The summed E-state index contributed by atoms with van der Waals surface area (Å²) in [7, 11) is -4.10. The van der Waals surface area contributed by atoms with Gasteiger partial charge in [0.1, 0.15) is 23.0 Å². The average Bonchev–Trinajstić information content (AvgIpc) is 2.79. The molecule has 0 unspecified atom stereocenters. The average molecular weight is 507 g/mol. The molecule has 9 heteroatoms. The van der Waals surface area contributed by atoms with Gasteiger partial charge in [-0.15, -0.1) is 0 Å². The monoisotopic (exact) mass is 506 g/mol. The first kappa shape index (κ1) is 28.6. The maximum absolute atomic E-state index is 13.4. The molecule has 0 saturated carbocycles. The van der Waals surface area contributed by atoms with Crippen LogP contribution in [0.2, 0.25) is 0 Å². The van der Waals surface area contributed by atoms with E-state index in [1.54, 1.807) is 51.1 Å². The van der Waals surface area contributed by atoms with E-state index in [0.29, 0.717) is 24.6 Å². The molecule has 2 aromatic carbocycles. The summed E-state index contributed by atoms with van der Waals surface area (Å²) in [6.07, 6.45) is 3.55. The van der Waals surface area contributed by atoms with Crippen LogP contribution in [0.25, 0.3) is 0 Å². The zero-order chi connectivity index (χ0) is 25.9. The molecule has 0 amide bonds. The molecule has 2 N–H and O–H groups in total. The number of hydrogen-bond acceptors (Lipinski definition) is 7. The molecule has 0 aliphatic carbocycles. The van der Waals surface area contributed by atoms with Crippen molar-refractivity contribution in [2.24, 2.45) is 0 Å². The number of sulfonamides is 1. The van der Waals surface area contributed by atoms with Crippen LogP contribution in [-0.4, -0.2) is 39.9 Å². The lowest BCUT2D eigenvalue weighted by atomic mass is 10.1. The lowest BCUT2D eigenvalue weighted by molar-refractivity contribution is 0.00692. The summed E-state index contributed by atoms with van der Waals surface area (Å²) in [5, 5.41) is 3.23. The second-order valence-electron chi connectivity index (χ2n) is 9.10. The Morgan fingerprint density at radius 2 is 1.69 bits per heavy atom. The van der Waals surface area contributed by atoms with Gasteiger partial charge in [-0.2, -0.15) is 4.72 Å². The van der Waals surface area contributed by atoms with Gasteiger partial charge in [-0.25, -0.2) is 13.2 Å². The molecular formula is C26H38N2O6S. The van der Waals surface area contributed by atoms with Crippen LogP contribution >= 0.6 is 0 Å². The van der Waals surface area contributed by atoms with E-state index in [2.05, 4.69) is 17.0 Å². The fourth-order valence-electron chi connectivity index (χ4n) is 3.02. The molecule has 0 bridgehead atoms. The SMILES string of the molecule is CCCCNc1cc(C(=O)OC(C)(C)C)cc(S(=O)(=O)NCOCCCC)c1Oc1ccccc1. The van der Waals surface area contributed by atoms with Crippen LogP contribution in [0.5, 0.6) is 11.5 Å². The third-order valence-electron chi connectivity index (χ3n) is 4.78. The van der Waals surface area contributed by atoms with Crippen molar-refractivity contribution in [2.75, 3.05) is 25.2 Å². The third-order valence-corrected chi connectivity index (χ3v) is 6.16. The largest absolute Gasteiger partial charge is 0.456 e. The van der Waals surface area contributed by atoms with E-state index in [-0.39, 0.29) is 22.9 Å². The maximum atomic E-state index is 13.4. The summed E-state index contributed by atoms with van der Waals surface area (Å²) in [6.45, 7) is 10.2. The number of carbonyl (C=O) groups excluding carboxylic acids is 1. The number of unbranched alkanes of at least 4 members (excludes halogenated alkanes) is 2. The minimum atomic E-state index is -4.10. The van der Waals surface area contributed by atoms with Gasteiger partial charge in [-0.05, 0) is 57.9 Å². The molecule has 0 spiro atoms. The number of nitrogens with one attached hydrogen (secondary N) is 2. The summed E-state index contributed by atoms with van der Waals surface area (Å²) in [6, 6.07) is 11.7. The fraction of sp³-hybridized carbons (Fsp3) is 0.500. The van der Waals surface area contributed by atoms with Crippen LogP contribution < -0.4 is 14.8 Å². The lowest BCUT2D eigenvalue weighted by Gasteiger charge is -2.22. The molecule has 0 fully saturated rings. The summed E-state index contributed by atoms with van der Waals surface area (Å²) >= 11 is 0. The van der Waals surface area contributed by atoms with Crippen LogP contribution in [0.4, 0.5) is 5.69 Å². The maximum Gasteiger partial charge on any atom is 0.338 e. The van der Waals surface area contributed by atoms with Crippen molar-refractivity contribution in [3.8, 4) is 11.5 Å². The number of anilines is 1. The van der Waals surface area contributed by atoms with E-state index < -0.39 is 21.6 Å². The number of para-hydroxylation sites is 1. The topological polar surface area (TPSA) is 103 Å². The first-order chi connectivity index (χ1) is 16.6. The summed E-state index contributed by atoms with van der Waals surface area (Å²) in [5.74, 6) is -0.0645. The van der Waals surface area contributed by atoms with Crippen LogP contribution in [0.15, 0.2) is 47.4 Å². The minimum absolute atomic E-state index is 0.0978. The number of rotatable bonds is 14. The quantitative estimate of drug-likeness (QED) is 0.192. The summed E-state index contributed by atoms with van der Waals surface area (Å²) < 4.78 is 46.2. The van der Waals surface area contributed by atoms with Crippen molar-refractivity contribution in [1.82, 2.24) is 4.72 Å². The van der Waals surface area contributed by atoms with Gasteiger partial charge in [0.15, 0.2) is 5.75 Å². The van der Waals surface area contributed by atoms with Crippen LogP contribution in [-0.2, 0) is 19.5 Å². The van der Waals surface area contributed by atoms with Crippen LogP contribution in [0.1, 0.15) is 70.7 Å². The van der Waals surface area contributed by atoms with Crippen molar-refractivity contribution in [1.29, 1.82) is 0 Å². The smallest absolute Gasteiger partial charge is 0.338 e. The Hall–Kier alpha value is -2.62. The van der Waals surface area contributed by atoms with Gasteiger partial charge in [-0.1, -0.05) is 44.9 Å². The Morgan fingerprint density at radius 3 is 2.31 bits per heavy atom. The Morgan fingerprint density at radius 1 is 1.00 bits per heavy atom. The highest BCUT2D eigenvalue weighted by Crippen LogP contribution is 2.38. The molecule has 0 radical (unpaired) electrons. The highest BCUT2D eigenvalue weighted by atomic mass is 32.2. The standard InChI is InChI=1S/C26H38N2O6S/c1-6-8-15-27-22-17-20(25(29)34-26(3,4)5)18-23(24(22)33-21-13-11-10-12-14-21)35(30,31)28-19-32-16-9-7-2/h10-14,17-18,27-28H,6-9,15-16,19H2,1-5H3. The van der Waals surface area contributed by atoms with Crippen molar-refractivity contribution in [3.05, 3.63) is 48.0 Å². The molecule has 0 heterocycles. The zero-order valence-electron chi connectivity index (χ0n) is 21.3.